The second-order valence-electron chi connectivity index (χ2n) is 8.43. The van der Waals surface area contributed by atoms with Gasteiger partial charge in [-0.2, -0.15) is 0 Å². The summed E-state index contributed by atoms with van der Waals surface area (Å²) in [4.78, 5) is 29.4. The van der Waals surface area contributed by atoms with Crippen LogP contribution in [0.4, 0.5) is 4.39 Å². The van der Waals surface area contributed by atoms with E-state index in [0.717, 1.165) is 19.4 Å². The summed E-state index contributed by atoms with van der Waals surface area (Å²) < 4.78 is 19.2. The van der Waals surface area contributed by atoms with Crippen LogP contribution in [0.5, 0.6) is 5.75 Å². The van der Waals surface area contributed by atoms with Crippen LogP contribution in [-0.2, 0) is 9.59 Å². The van der Waals surface area contributed by atoms with Gasteiger partial charge >= 0.3 is 0 Å². The first-order chi connectivity index (χ1) is 15.8. The lowest BCUT2D eigenvalue weighted by molar-refractivity contribution is -0.139. The number of hydrogen-bond donors (Lipinski definition) is 1. The SMILES string of the molecule is CCCCOc1ccc(/C(O)=C2\C(=O)C(=O)N(CCCN(C)C)C2c2ccc(F)cc2)cc1. The fraction of sp³-hybridized carbons (Fsp3) is 0.385. The fourth-order valence-corrected chi connectivity index (χ4v) is 3.86. The Balaban J connectivity index is 1.97. The molecule has 1 amide bonds. The maximum Gasteiger partial charge on any atom is 0.295 e. The maximum absolute atomic E-state index is 13.6. The van der Waals surface area contributed by atoms with E-state index in [1.54, 1.807) is 36.4 Å². The molecule has 1 heterocycles. The molecule has 0 bridgehead atoms. The minimum absolute atomic E-state index is 0.0103. The summed E-state index contributed by atoms with van der Waals surface area (Å²) in [5, 5.41) is 11.1. The Morgan fingerprint density at radius 2 is 1.73 bits per heavy atom. The Labute approximate surface area is 194 Å². The van der Waals surface area contributed by atoms with Gasteiger partial charge in [0.2, 0.25) is 0 Å². The Bertz CT molecular complexity index is 1000. The first-order valence-electron chi connectivity index (χ1n) is 11.2. The smallest absolute Gasteiger partial charge is 0.295 e. The van der Waals surface area contributed by atoms with Gasteiger partial charge in [0.1, 0.15) is 17.3 Å². The second kappa shape index (κ2) is 11.1. The lowest BCUT2D eigenvalue weighted by Gasteiger charge is -2.26. The van der Waals surface area contributed by atoms with Crippen molar-refractivity contribution in [1.29, 1.82) is 0 Å². The van der Waals surface area contributed by atoms with Gasteiger partial charge in [0.15, 0.2) is 0 Å². The highest BCUT2D eigenvalue weighted by Gasteiger charge is 2.45. The molecule has 3 rings (SSSR count). The van der Waals surface area contributed by atoms with Crippen LogP contribution in [0.15, 0.2) is 54.1 Å². The Hall–Kier alpha value is -3.19. The molecule has 1 fully saturated rings. The minimum atomic E-state index is -0.784. The Morgan fingerprint density at radius 1 is 1.06 bits per heavy atom. The van der Waals surface area contributed by atoms with E-state index in [1.165, 1.54) is 17.0 Å². The molecular formula is C26H31FN2O4. The van der Waals surface area contributed by atoms with Crippen molar-refractivity contribution in [2.24, 2.45) is 0 Å². The molecule has 1 saturated heterocycles. The number of aliphatic hydroxyl groups excluding tert-OH is 1. The van der Waals surface area contributed by atoms with Crippen molar-refractivity contribution in [3.63, 3.8) is 0 Å². The van der Waals surface area contributed by atoms with Crippen molar-refractivity contribution in [2.45, 2.75) is 32.2 Å². The van der Waals surface area contributed by atoms with Gasteiger partial charge in [-0.25, -0.2) is 4.39 Å². The molecule has 6 nitrogen and oxygen atoms in total. The molecule has 0 spiro atoms. The van der Waals surface area contributed by atoms with Crippen LogP contribution >= 0.6 is 0 Å². The number of Topliss-reactive ketones (excluding diaryl/α,β-unsaturated/α-hetero) is 1. The van der Waals surface area contributed by atoms with E-state index in [4.69, 9.17) is 4.74 Å². The number of aliphatic hydroxyl groups is 1. The van der Waals surface area contributed by atoms with Crippen LogP contribution in [0.25, 0.3) is 5.76 Å². The number of carbonyl (C=O) groups excluding carboxylic acids is 2. The highest BCUT2D eigenvalue weighted by Crippen LogP contribution is 2.39. The van der Waals surface area contributed by atoms with Crippen molar-refractivity contribution in [2.75, 3.05) is 33.8 Å². The number of nitrogens with zero attached hydrogens (tertiary/aromatic N) is 2. The summed E-state index contributed by atoms with van der Waals surface area (Å²) in [7, 11) is 3.86. The van der Waals surface area contributed by atoms with E-state index in [-0.39, 0.29) is 11.3 Å². The van der Waals surface area contributed by atoms with Crippen LogP contribution in [-0.4, -0.2) is 60.4 Å². The van der Waals surface area contributed by atoms with Gasteiger partial charge in [-0.15, -0.1) is 0 Å². The summed E-state index contributed by atoms with van der Waals surface area (Å²) >= 11 is 0. The molecule has 1 aliphatic heterocycles. The van der Waals surface area contributed by atoms with Gasteiger partial charge in [-0.1, -0.05) is 25.5 Å². The molecule has 1 atom stereocenters. The van der Waals surface area contributed by atoms with Gasteiger partial charge in [0.05, 0.1) is 18.2 Å². The molecule has 0 aliphatic carbocycles. The average molecular weight is 455 g/mol. The molecule has 2 aromatic carbocycles. The van der Waals surface area contributed by atoms with E-state index in [2.05, 4.69) is 6.92 Å². The van der Waals surface area contributed by atoms with E-state index >= 15 is 0 Å². The summed E-state index contributed by atoms with van der Waals surface area (Å²) in [6.07, 6.45) is 2.62. The molecule has 2 aromatic rings. The van der Waals surface area contributed by atoms with Crippen LogP contribution in [0.1, 0.15) is 43.4 Å². The third-order valence-electron chi connectivity index (χ3n) is 5.62. The van der Waals surface area contributed by atoms with Crippen molar-refractivity contribution in [1.82, 2.24) is 9.80 Å². The highest BCUT2D eigenvalue weighted by atomic mass is 19.1. The van der Waals surface area contributed by atoms with E-state index < -0.39 is 23.5 Å². The fourth-order valence-electron chi connectivity index (χ4n) is 3.86. The third kappa shape index (κ3) is 5.79. The van der Waals surface area contributed by atoms with E-state index in [9.17, 15) is 19.1 Å². The topological polar surface area (TPSA) is 70.1 Å². The number of carbonyl (C=O) groups is 2. The monoisotopic (exact) mass is 454 g/mol. The van der Waals surface area contributed by atoms with E-state index in [0.29, 0.717) is 36.4 Å². The van der Waals surface area contributed by atoms with Crippen molar-refractivity contribution in [3.05, 3.63) is 71.0 Å². The van der Waals surface area contributed by atoms with Gasteiger partial charge in [0.25, 0.3) is 11.7 Å². The second-order valence-corrected chi connectivity index (χ2v) is 8.43. The van der Waals surface area contributed by atoms with Crippen LogP contribution < -0.4 is 4.74 Å². The van der Waals surface area contributed by atoms with Crippen molar-refractivity contribution >= 4 is 17.4 Å². The summed E-state index contributed by atoms with van der Waals surface area (Å²) in [5.74, 6) is -1.40. The normalized spacial score (nSPS) is 17.7. The largest absolute Gasteiger partial charge is 0.507 e. The quantitative estimate of drug-likeness (QED) is 0.250. The van der Waals surface area contributed by atoms with Gasteiger partial charge in [0, 0.05) is 12.1 Å². The first-order valence-corrected chi connectivity index (χ1v) is 11.2. The van der Waals surface area contributed by atoms with Crippen LogP contribution in [0.2, 0.25) is 0 Å². The number of ketones is 1. The molecule has 0 aromatic heterocycles. The molecule has 0 radical (unpaired) electrons. The molecule has 1 unspecified atom stereocenters. The van der Waals surface area contributed by atoms with Crippen LogP contribution in [0, 0.1) is 5.82 Å². The predicted octanol–water partition coefficient (Wildman–Crippen LogP) is 4.38. The predicted molar refractivity (Wildman–Crippen MR) is 125 cm³/mol. The Morgan fingerprint density at radius 3 is 2.33 bits per heavy atom. The number of ether oxygens (including phenoxy) is 1. The van der Waals surface area contributed by atoms with Gasteiger partial charge < -0.3 is 19.6 Å². The summed E-state index contributed by atoms with van der Waals surface area (Å²) in [6, 6.07) is 11.7. The number of hydrogen-bond acceptors (Lipinski definition) is 5. The molecule has 1 aliphatic rings. The van der Waals surface area contributed by atoms with E-state index in [1.807, 2.05) is 19.0 Å². The molecular weight excluding hydrogens is 423 g/mol. The van der Waals surface area contributed by atoms with Gasteiger partial charge in [-0.3, -0.25) is 9.59 Å². The molecule has 0 saturated carbocycles. The number of halogens is 1. The lowest BCUT2D eigenvalue weighted by Crippen LogP contribution is -2.32. The molecule has 1 N–H and O–H groups in total. The van der Waals surface area contributed by atoms with Crippen molar-refractivity contribution in [3.8, 4) is 5.75 Å². The molecule has 33 heavy (non-hydrogen) atoms. The number of amides is 1. The molecule has 7 heteroatoms. The standard InChI is InChI=1S/C26H31FN2O4/c1-4-5-17-33-21-13-9-19(10-14-21)24(30)22-23(18-7-11-20(27)12-8-18)29(26(32)25(22)31)16-6-15-28(2)3/h7-14,23,30H,4-6,15-17H2,1-3H3/b24-22+. The van der Waals surface area contributed by atoms with Gasteiger partial charge in [-0.05, 0) is 75.4 Å². The first kappa shape index (κ1) is 24.5. The summed E-state index contributed by atoms with van der Waals surface area (Å²) in [6.45, 7) is 3.76. The lowest BCUT2D eigenvalue weighted by atomic mass is 9.95. The Kier molecular flexibility index (Phi) is 8.22. The maximum atomic E-state index is 13.6. The average Bonchev–Trinajstić information content (AvgIpc) is 3.04. The zero-order valence-corrected chi connectivity index (χ0v) is 19.4. The number of likely N-dealkylation sites (tertiary alicyclic amines) is 1. The zero-order chi connectivity index (χ0) is 24.0. The van der Waals surface area contributed by atoms with Crippen molar-refractivity contribution < 1.29 is 23.8 Å². The minimum Gasteiger partial charge on any atom is -0.507 e. The summed E-state index contributed by atoms with van der Waals surface area (Å²) in [5.41, 5.74) is 0.994. The molecule has 176 valence electrons. The number of unbranched alkanes of at least 4 members (excludes halogenated alkanes) is 1. The number of rotatable bonds is 10. The zero-order valence-electron chi connectivity index (χ0n) is 19.4. The number of benzene rings is 2. The highest BCUT2D eigenvalue weighted by molar-refractivity contribution is 6.46. The third-order valence-corrected chi connectivity index (χ3v) is 5.62. The van der Waals surface area contributed by atoms with Crippen LogP contribution in [0.3, 0.4) is 0 Å².